The molecule has 2 aromatic heterocycles. The van der Waals surface area contributed by atoms with E-state index in [1.165, 1.54) is 0 Å². The number of nitrogens with zero attached hydrogens (tertiary/aromatic N) is 6. The average Bonchev–Trinajstić information content (AvgIpc) is 3.11. The predicted octanol–water partition coefficient (Wildman–Crippen LogP) is 1.64. The number of aliphatic imine (C=N–C) groups is 1. The van der Waals surface area contributed by atoms with Gasteiger partial charge >= 0.3 is 0 Å². The van der Waals surface area contributed by atoms with Crippen LogP contribution in [0.1, 0.15) is 30.9 Å². The molecule has 24 heavy (non-hydrogen) atoms. The summed E-state index contributed by atoms with van der Waals surface area (Å²) >= 11 is 0. The minimum Gasteiger partial charge on any atom is -0.351 e. The highest BCUT2D eigenvalue weighted by molar-refractivity contribution is 5.80. The minimum absolute atomic E-state index is 0.418. The van der Waals surface area contributed by atoms with Gasteiger partial charge in [-0.05, 0) is 25.3 Å². The second kappa shape index (κ2) is 7.42. The Morgan fingerprint density at radius 3 is 3.00 bits per heavy atom. The van der Waals surface area contributed by atoms with E-state index in [9.17, 15) is 0 Å². The summed E-state index contributed by atoms with van der Waals surface area (Å²) in [5, 5.41) is 3.42. The number of hydrogen-bond donors (Lipinski definition) is 1. The van der Waals surface area contributed by atoms with Crippen LogP contribution < -0.4 is 5.32 Å². The fourth-order valence-electron chi connectivity index (χ4n) is 3.20. The summed E-state index contributed by atoms with van der Waals surface area (Å²) < 4.78 is 2.21. The molecule has 1 saturated heterocycles. The number of aromatic nitrogens is 4. The van der Waals surface area contributed by atoms with Crippen LogP contribution in [0.5, 0.6) is 0 Å². The van der Waals surface area contributed by atoms with E-state index >= 15 is 0 Å². The maximum absolute atomic E-state index is 4.45. The standard InChI is InChI=1S/C17H25N7/c1-13-5-8-23(11-16(13)24-9-7-19-12-24)17(18-3)21-10-15-4-6-20-14(2)22-15/h4,6-7,9,12-13,16H,5,8,10-11H2,1-3H3,(H,18,21). The molecule has 0 bridgehead atoms. The molecular weight excluding hydrogens is 302 g/mol. The Hall–Kier alpha value is -2.44. The minimum atomic E-state index is 0.418. The van der Waals surface area contributed by atoms with Crippen LogP contribution >= 0.6 is 0 Å². The van der Waals surface area contributed by atoms with Crippen molar-refractivity contribution in [3.63, 3.8) is 0 Å². The SMILES string of the molecule is CN=C(NCc1ccnc(C)n1)N1CCC(C)C(n2ccnc2)C1. The number of nitrogens with one attached hydrogen (secondary N) is 1. The van der Waals surface area contributed by atoms with Crippen molar-refractivity contribution in [1.82, 2.24) is 29.7 Å². The van der Waals surface area contributed by atoms with Gasteiger partial charge < -0.3 is 14.8 Å². The van der Waals surface area contributed by atoms with E-state index in [0.717, 1.165) is 37.0 Å². The lowest BCUT2D eigenvalue weighted by atomic mass is 9.93. The van der Waals surface area contributed by atoms with Gasteiger partial charge in [-0.2, -0.15) is 0 Å². The van der Waals surface area contributed by atoms with Crippen molar-refractivity contribution in [3.8, 4) is 0 Å². The molecule has 0 amide bonds. The lowest BCUT2D eigenvalue weighted by Gasteiger charge is -2.39. The summed E-state index contributed by atoms with van der Waals surface area (Å²) in [6.07, 6.45) is 8.72. The Labute approximate surface area is 142 Å². The molecule has 1 N–H and O–H groups in total. The quantitative estimate of drug-likeness (QED) is 0.685. The Bertz CT molecular complexity index is 680. The first kappa shape index (κ1) is 16.4. The first-order valence-electron chi connectivity index (χ1n) is 8.39. The van der Waals surface area contributed by atoms with Gasteiger partial charge in [0.1, 0.15) is 5.82 Å². The summed E-state index contributed by atoms with van der Waals surface area (Å²) in [6.45, 7) is 6.80. The highest BCUT2D eigenvalue weighted by Gasteiger charge is 2.28. The second-order valence-corrected chi connectivity index (χ2v) is 6.29. The fraction of sp³-hybridized carbons (Fsp3) is 0.529. The molecule has 2 unspecified atom stereocenters. The molecule has 128 valence electrons. The number of rotatable bonds is 3. The third-order valence-corrected chi connectivity index (χ3v) is 4.60. The molecule has 1 aliphatic rings. The van der Waals surface area contributed by atoms with Crippen molar-refractivity contribution >= 4 is 5.96 Å². The molecule has 2 aromatic rings. The van der Waals surface area contributed by atoms with E-state index in [1.807, 2.05) is 38.8 Å². The molecule has 0 aromatic carbocycles. The number of imidazole rings is 1. The van der Waals surface area contributed by atoms with E-state index in [-0.39, 0.29) is 0 Å². The molecule has 7 nitrogen and oxygen atoms in total. The zero-order valence-corrected chi connectivity index (χ0v) is 14.6. The molecule has 0 aliphatic carbocycles. The van der Waals surface area contributed by atoms with Crippen molar-refractivity contribution in [3.05, 3.63) is 42.5 Å². The Morgan fingerprint density at radius 1 is 1.42 bits per heavy atom. The van der Waals surface area contributed by atoms with Gasteiger partial charge in [0.05, 0.1) is 24.6 Å². The van der Waals surface area contributed by atoms with Crippen LogP contribution in [-0.2, 0) is 6.54 Å². The molecule has 3 heterocycles. The molecule has 3 rings (SSSR count). The van der Waals surface area contributed by atoms with Gasteiger partial charge in [-0.3, -0.25) is 4.99 Å². The van der Waals surface area contributed by atoms with Gasteiger partial charge in [0.15, 0.2) is 5.96 Å². The predicted molar refractivity (Wildman–Crippen MR) is 93.6 cm³/mol. The first-order chi connectivity index (χ1) is 11.7. The topological polar surface area (TPSA) is 71.2 Å². The van der Waals surface area contributed by atoms with Crippen molar-refractivity contribution in [2.75, 3.05) is 20.1 Å². The Balaban J connectivity index is 1.65. The molecule has 1 fully saturated rings. The molecule has 1 aliphatic heterocycles. The number of likely N-dealkylation sites (tertiary alicyclic amines) is 1. The van der Waals surface area contributed by atoms with E-state index in [4.69, 9.17) is 0 Å². The molecular formula is C17H25N7. The number of aryl methyl sites for hydroxylation is 1. The van der Waals surface area contributed by atoms with Crippen LogP contribution in [0.3, 0.4) is 0 Å². The van der Waals surface area contributed by atoms with Crippen LogP contribution in [-0.4, -0.2) is 50.5 Å². The third-order valence-electron chi connectivity index (χ3n) is 4.60. The Morgan fingerprint density at radius 2 is 2.29 bits per heavy atom. The number of hydrogen-bond acceptors (Lipinski definition) is 4. The van der Waals surface area contributed by atoms with Gasteiger partial charge in [-0.1, -0.05) is 6.92 Å². The van der Waals surface area contributed by atoms with Gasteiger partial charge in [0.25, 0.3) is 0 Å². The monoisotopic (exact) mass is 327 g/mol. The molecule has 7 heteroatoms. The third kappa shape index (κ3) is 3.72. The normalized spacial score (nSPS) is 21.8. The lowest BCUT2D eigenvalue weighted by Crippen LogP contribution is -2.48. The van der Waals surface area contributed by atoms with E-state index in [1.54, 1.807) is 6.20 Å². The maximum Gasteiger partial charge on any atom is 0.194 e. The fourth-order valence-corrected chi connectivity index (χ4v) is 3.20. The zero-order chi connectivity index (χ0) is 16.9. The summed E-state index contributed by atoms with van der Waals surface area (Å²) in [5.74, 6) is 2.33. The largest absolute Gasteiger partial charge is 0.351 e. The van der Waals surface area contributed by atoms with E-state index in [0.29, 0.717) is 18.5 Å². The van der Waals surface area contributed by atoms with Gasteiger partial charge in [0.2, 0.25) is 0 Å². The second-order valence-electron chi connectivity index (χ2n) is 6.29. The van der Waals surface area contributed by atoms with Crippen molar-refractivity contribution in [2.24, 2.45) is 10.9 Å². The average molecular weight is 327 g/mol. The summed E-state index contributed by atoms with van der Waals surface area (Å²) in [5.41, 5.74) is 0.972. The molecule has 0 saturated carbocycles. The van der Waals surface area contributed by atoms with Crippen LogP contribution in [0.15, 0.2) is 36.0 Å². The van der Waals surface area contributed by atoms with Crippen molar-refractivity contribution < 1.29 is 0 Å². The van der Waals surface area contributed by atoms with E-state index in [2.05, 4.69) is 41.7 Å². The molecule has 0 spiro atoms. The van der Waals surface area contributed by atoms with Crippen molar-refractivity contribution in [2.45, 2.75) is 32.9 Å². The zero-order valence-electron chi connectivity index (χ0n) is 14.6. The molecule has 2 atom stereocenters. The van der Waals surface area contributed by atoms with E-state index < -0.39 is 0 Å². The number of piperidine rings is 1. The Kier molecular flexibility index (Phi) is 5.08. The van der Waals surface area contributed by atoms with Crippen LogP contribution in [0.2, 0.25) is 0 Å². The van der Waals surface area contributed by atoms with Gasteiger partial charge in [-0.25, -0.2) is 15.0 Å². The highest BCUT2D eigenvalue weighted by atomic mass is 15.3. The van der Waals surface area contributed by atoms with Crippen molar-refractivity contribution in [1.29, 1.82) is 0 Å². The molecule has 0 radical (unpaired) electrons. The first-order valence-corrected chi connectivity index (χ1v) is 8.39. The highest BCUT2D eigenvalue weighted by Crippen LogP contribution is 2.27. The summed E-state index contributed by atoms with van der Waals surface area (Å²) in [7, 11) is 1.83. The van der Waals surface area contributed by atoms with Crippen LogP contribution in [0.25, 0.3) is 0 Å². The lowest BCUT2D eigenvalue weighted by molar-refractivity contribution is 0.189. The van der Waals surface area contributed by atoms with Crippen LogP contribution in [0, 0.1) is 12.8 Å². The van der Waals surface area contributed by atoms with Crippen LogP contribution in [0.4, 0.5) is 0 Å². The smallest absolute Gasteiger partial charge is 0.194 e. The number of guanidine groups is 1. The van der Waals surface area contributed by atoms with Gasteiger partial charge in [0, 0.05) is 38.7 Å². The maximum atomic E-state index is 4.45. The summed E-state index contributed by atoms with van der Waals surface area (Å²) in [4.78, 5) is 19.5. The van der Waals surface area contributed by atoms with Gasteiger partial charge in [-0.15, -0.1) is 0 Å². The summed E-state index contributed by atoms with van der Waals surface area (Å²) in [6, 6.07) is 2.35.